The maximum atomic E-state index is 11.3. The zero-order valence-corrected chi connectivity index (χ0v) is 24.1. The number of aromatic nitrogens is 1. The van der Waals surface area contributed by atoms with E-state index in [-0.39, 0.29) is 11.2 Å². The molecule has 1 aliphatic heterocycles. The topological polar surface area (TPSA) is 61.5 Å². The van der Waals surface area contributed by atoms with Crippen LogP contribution in [0.5, 0.6) is 0 Å². The van der Waals surface area contributed by atoms with E-state index in [1.165, 1.54) is 32.3 Å². The summed E-state index contributed by atoms with van der Waals surface area (Å²) in [5, 5.41) is 2.48. The van der Waals surface area contributed by atoms with Crippen LogP contribution in [-0.4, -0.2) is 25.3 Å². The fourth-order valence-electron chi connectivity index (χ4n) is 5.60. The van der Waals surface area contributed by atoms with Gasteiger partial charge in [0, 0.05) is 30.0 Å². The van der Waals surface area contributed by atoms with E-state index in [9.17, 15) is 13.0 Å². The van der Waals surface area contributed by atoms with Crippen molar-refractivity contribution in [3.63, 3.8) is 0 Å². The van der Waals surface area contributed by atoms with Crippen LogP contribution >= 0.6 is 23.1 Å². The van der Waals surface area contributed by atoms with Gasteiger partial charge in [-0.05, 0) is 61.8 Å². The Bertz CT molecular complexity index is 1470. The highest BCUT2D eigenvalue weighted by atomic mass is 32.2. The Labute approximate surface area is 228 Å². The van der Waals surface area contributed by atoms with E-state index in [1.54, 1.807) is 11.3 Å². The van der Waals surface area contributed by atoms with Gasteiger partial charge in [-0.15, -0.1) is 0 Å². The first-order valence-electron chi connectivity index (χ1n) is 13.0. The Hall–Kier alpha value is -2.13. The van der Waals surface area contributed by atoms with Crippen LogP contribution in [0.25, 0.3) is 16.3 Å². The van der Waals surface area contributed by atoms with Crippen LogP contribution in [0.3, 0.4) is 0 Å². The van der Waals surface area contributed by atoms with E-state index < -0.39 is 10.1 Å². The molecule has 0 bridgehead atoms. The quantitative estimate of drug-likeness (QED) is 0.248. The van der Waals surface area contributed by atoms with Gasteiger partial charge in [-0.3, -0.25) is 4.55 Å². The van der Waals surface area contributed by atoms with Gasteiger partial charge in [-0.2, -0.15) is 13.0 Å². The Morgan fingerprint density at radius 3 is 2.70 bits per heavy atom. The predicted molar refractivity (Wildman–Crippen MR) is 156 cm³/mol. The standard InChI is InChI=1S/C29H34N2O3S3/c1-4-30-23-13-5-7-15-25(23)35-27(30)19-21-11-9-12-22(29(21,2)3)20-28-31(17-10-18-37(32,33)34)24-14-6-8-16-26(24)36-28/h5-8,13-16,19-21H,4,9-12,17-18H2,1-3H3/p+1. The number of aryl methyl sites for hydroxylation is 1. The Morgan fingerprint density at radius 2 is 1.92 bits per heavy atom. The van der Waals surface area contributed by atoms with Crippen molar-refractivity contribution in [1.82, 2.24) is 0 Å². The van der Waals surface area contributed by atoms with Gasteiger partial charge in [0.2, 0.25) is 5.52 Å². The van der Waals surface area contributed by atoms with Crippen molar-refractivity contribution in [3.8, 4) is 0 Å². The van der Waals surface area contributed by atoms with Crippen LogP contribution in [0.1, 0.15) is 51.5 Å². The molecule has 3 aromatic rings. The molecule has 1 fully saturated rings. The first-order valence-corrected chi connectivity index (χ1v) is 16.3. The lowest BCUT2D eigenvalue weighted by molar-refractivity contribution is -0.668. The zero-order valence-electron chi connectivity index (χ0n) is 21.7. The molecule has 0 saturated heterocycles. The number of anilines is 1. The number of nitrogens with zero attached hydrogens (tertiary/aromatic N) is 2. The first kappa shape index (κ1) is 26.5. The molecule has 1 aliphatic carbocycles. The zero-order chi connectivity index (χ0) is 26.2. The maximum absolute atomic E-state index is 11.3. The lowest BCUT2D eigenvalue weighted by atomic mass is 9.65. The summed E-state index contributed by atoms with van der Waals surface area (Å²) in [4.78, 5) is 3.76. The van der Waals surface area contributed by atoms with Crippen LogP contribution in [0.15, 0.2) is 70.1 Å². The van der Waals surface area contributed by atoms with Crippen LogP contribution in [0.2, 0.25) is 0 Å². The number of fused-ring (bicyclic) bond motifs is 2. The smallest absolute Gasteiger partial charge is 0.265 e. The van der Waals surface area contributed by atoms with Crippen LogP contribution in [0, 0.1) is 11.3 Å². The first-order chi connectivity index (χ1) is 17.7. The Morgan fingerprint density at radius 1 is 1.16 bits per heavy atom. The number of thiazole rings is 1. The number of allylic oxidation sites excluding steroid dienone is 2. The van der Waals surface area contributed by atoms with Gasteiger partial charge in [0.1, 0.15) is 4.70 Å². The molecule has 8 heteroatoms. The molecule has 1 unspecified atom stereocenters. The minimum atomic E-state index is -3.97. The van der Waals surface area contributed by atoms with E-state index in [1.807, 2.05) is 23.9 Å². The second kappa shape index (κ2) is 10.6. The van der Waals surface area contributed by atoms with Gasteiger partial charge < -0.3 is 4.90 Å². The van der Waals surface area contributed by atoms with Crippen molar-refractivity contribution in [1.29, 1.82) is 0 Å². The average Bonchev–Trinajstić information content (AvgIpc) is 3.38. The molecule has 0 radical (unpaired) electrons. The van der Waals surface area contributed by atoms with E-state index in [2.05, 4.69) is 78.8 Å². The molecule has 1 saturated carbocycles. The van der Waals surface area contributed by atoms with E-state index in [0.29, 0.717) is 18.9 Å². The van der Waals surface area contributed by atoms with E-state index in [4.69, 9.17) is 0 Å². The van der Waals surface area contributed by atoms with Crippen molar-refractivity contribution in [3.05, 3.63) is 70.2 Å². The van der Waals surface area contributed by atoms with Gasteiger partial charge in [-0.1, -0.05) is 66.8 Å². The molecule has 0 amide bonds. The monoisotopic (exact) mass is 555 g/mol. The molecule has 5 nitrogen and oxygen atoms in total. The minimum Gasteiger partial charge on any atom is -0.336 e. The molecule has 2 heterocycles. The molecular weight excluding hydrogens is 521 g/mol. The molecule has 1 N–H and O–H groups in total. The third-order valence-electron chi connectivity index (χ3n) is 7.73. The highest BCUT2D eigenvalue weighted by Crippen LogP contribution is 2.51. The summed E-state index contributed by atoms with van der Waals surface area (Å²) in [6.07, 6.45) is 8.63. The summed E-state index contributed by atoms with van der Waals surface area (Å²) >= 11 is 3.63. The number of hydrogen-bond donors (Lipinski definition) is 1. The lowest BCUT2D eigenvalue weighted by Crippen LogP contribution is -2.37. The summed E-state index contributed by atoms with van der Waals surface area (Å²) in [6, 6.07) is 16.9. The van der Waals surface area contributed by atoms with Crippen molar-refractivity contribution >= 4 is 55.2 Å². The van der Waals surface area contributed by atoms with Gasteiger partial charge in [0.25, 0.3) is 15.1 Å². The third kappa shape index (κ3) is 5.53. The van der Waals surface area contributed by atoms with E-state index in [0.717, 1.165) is 29.9 Å². The fourth-order valence-corrected chi connectivity index (χ4v) is 8.48. The summed E-state index contributed by atoms with van der Waals surface area (Å²) in [7, 11) is -3.97. The molecule has 2 aromatic carbocycles. The van der Waals surface area contributed by atoms with Crippen LogP contribution in [-0.2, 0) is 16.7 Å². The molecule has 1 aromatic heterocycles. The molecule has 2 aliphatic rings. The molecule has 0 spiro atoms. The van der Waals surface area contributed by atoms with Crippen LogP contribution < -0.4 is 9.47 Å². The van der Waals surface area contributed by atoms with E-state index >= 15 is 0 Å². The van der Waals surface area contributed by atoms with Crippen LogP contribution in [0.4, 0.5) is 5.69 Å². The summed E-state index contributed by atoms with van der Waals surface area (Å²) < 4.78 is 35.3. The fraction of sp³-hybridized carbons (Fsp3) is 0.414. The summed E-state index contributed by atoms with van der Waals surface area (Å²) in [6.45, 7) is 8.47. The SMILES string of the molecule is CCN1C(=CC2CCCC(=Cc3sc4ccccc4[n+]3CCCS(=O)(=O)O)C2(C)C)Sc2ccccc21. The maximum Gasteiger partial charge on any atom is 0.265 e. The highest BCUT2D eigenvalue weighted by molar-refractivity contribution is 8.03. The third-order valence-corrected chi connectivity index (χ3v) is 10.8. The average molecular weight is 556 g/mol. The summed E-state index contributed by atoms with van der Waals surface area (Å²) in [5.41, 5.74) is 3.87. The molecule has 196 valence electrons. The number of hydrogen-bond acceptors (Lipinski definition) is 5. The van der Waals surface area contributed by atoms with Gasteiger partial charge in [0.15, 0.2) is 6.54 Å². The van der Waals surface area contributed by atoms with Gasteiger partial charge in [-0.25, -0.2) is 0 Å². The van der Waals surface area contributed by atoms with Gasteiger partial charge in [0.05, 0.1) is 16.5 Å². The van der Waals surface area contributed by atoms with Gasteiger partial charge >= 0.3 is 0 Å². The minimum absolute atomic E-state index is 0.00242. The second-order valence-corrected chi connectivity index (χ2v) is 14.1. The number of benzene rings is 2. The van der Waals surface area contributed by atoms with Crippen molar-refractivity contribution < 1.29 is 17.5 Å². The predicted octanol–water partition coefficient (Wildman–Crippen LogP) is 7.15. The second-order valence-electron chi connectivity index (χ2n) is 10.4. The summed E-state index contributed by atoms with van der Waals surface area (Å²) in [5.74, 6) is 0.204. The molecule has 37 heavy (non-hydrogen) atoms. The Kier molecular flexibility index (Phi) is 7.56. The van der Waals surface area contributed by atoms with Crippen molar-refractivity contribution in [2.24, 2.45) is 11.3 Å². The van der Waals surface area contributed by atoms with Crippen molar-refractivity contribution in [2.45, 2.75) is 57.9 Å². The number of rotatable bonds is 7. The molecule has 1 atom stereocenters. The highest BCUT2D eigenvalue weighted by Gasteiger charge is 2.37. The molecular formula is C29H35N2O3S3+. The largest absolute Gasteiger partial charge is 0.336 e. The molecule has 5 rings (SSSR count). The number of thioether (sulfide) groups is 1. The lowest BCUT2D eigenvalue weighted by Gasteiger charge is -2.40. The normalized spacial score (nSPS) is 21.7. The number of para-hydroxylation sites is 2. The Balaban J connectivity index is 1.47. The van der Waals surface area contributed by atoms with Crippen molar-refractivity contribution in [2.75, 3.05) is 17.2 Å².